The van der Waals surface area contributed by atoms with Gasteiger partial charge in [-0.25, -0.2) is 0 Å². The molecule has 0 fully saturated rings. The summed E-state index contributed by atoms with van der Waals surface area (Å²) >= 11 is 4.32. The van der Waals surface area contributed by atoms with Gasteiger partial charge < -0.3 is 0 Å². The summed E-state index contributed by atoms with van der Waals surface area (Å²) in [6, 6.07) is 11.4. The molecule has 2 aromatic carbocycles. The van der Waals surface area contributed by atoms with Gasteiger partial charge in [0.25, 0.3) is 0 Å². The number of carbonyl (C=O) groups excluding carboxylic acids is 1. The molecule has 2 aromatic rings. The maximum absolute atomic E-state index is 10.7. The van der Waals surface area contributed by atoms with Crippen LogP contribution in [0.5, 0.6) is 0 Å². The second kappa shape index (κ2) is 3.23. The zero-order chi connectivity index (χ0) is 9.26. The van der Waals surface area contributed by atoms with Crippen molar-refractivity contribution in [3.63, 3.8) is 0 Å². The first-order valence-electron chi connectivity index (χ1n) is 3.99. The van der Waals surface area contributed by atoms with E-state index in [4.69, 9.17) is 0 Å². The van der Waals surface area contributed by atoms with Crippen LogP contribution in [0.15, 0.2) is 41.3 Å². The zero-order valence-corrected chi connectivity index (χ0v) is 7.79. The molecule has 0 aromatic heterocycles. The normalized spacial score (nSPS) is 10.2. The summed E-state index contributed by atoms with van der Waals surface area (Å²) in [6.45, 7) is 0. The first-order chi connectivity index (χ1) is 6.33. The second-order valence-electron chi connectivity index (χ2n) is 2.84. The Morgan fingerprint density at radius 2 is 1.69 bits per heavy atom. The van der Waals surface area contributed by atoms with Gasteiger partial charge in [-0.3, -0.25) is 4.79 Å². The molecule has 0 aliphatic rings. The van der Waals surface area contributed by atoms with Crippen molar-refractivity contribution < 1.29 is 4.79 Å². The molecule has 0 atom stereocenters. The largest absolute Gasteiger partial charge is 0.298 e. The van der Waals surface area contributed by atoms with E-state index in [1.165, 1.54) is 0 Å². The van der Waals surface area contributed by atoms with Crippen molar-refractivity contribution >= 4 is 29.7 Å². The number of rotatable bonds is 1. The zero-order valence-electron chi connectivity index (χ0n) is 6.90. The number of hydrogen-bond acceptors (Lipinski definition) is 2. The van der Waals surface area contributed by atoms with Gasteiger partial charge >= 0.3 is 0 Å². The van der Waals surface area contributed by atoms with Gasteiger partial charge in [-0.1, -0.05) is 24.3 Å². The number of aldehydes is 1. The number of carbonyl (C=O) groups is 1. The van der Waals surface area contributed by atoms with Gasteiger partial charge in [0, 0.05) is 10.5 Å². The van der Waals surface area contributed by atoms with Crippen LogP contribution in [-0.2, 0) is 0 Å². The fourth-order valence-corrected chi connectivity index (χ4v) is 1.68. The van der Waals surface area contributed by atoms with Crippen LogP contribution in [0.3, 0.4) is 0 Å². The van der Waals surface area contributed by atoms with Gasteiger partial charge in [0.1, 0.15) is 0 Å². The molecule has 2 rings (SSSR count). The molecule has 64 valence electrons. The average molecular weight is 188 g/mol. The quantitative estimate of drug-likeness (QED) is 0.538. The first-order valence-corrected chi connectivity index (χ1v) is 4.43. The highest BCUT2D eigenvalue weighted by atomic mass is 32.1. The number of benzene rings is 2. The van der Waals surface area contributed by atoms with Gasteiger partial charge in [-0.2, -0.15) is 0 Å². The van der Waals surface area contributed by atoms with E-state index in [9.17, 15) is 4.79 Å². The Hall–Kier alpha value is -1.28. The number of hydrogen-bond donors (Lipinski definition) is 1. The van der Waals surface area contributed by atoms with Crippen molar-refractivity contribution in [2.45, 2.75) is 4.90 Å². The van der Waals surface area contributed by atoms with Crippen LogP contribution in [0.1, 0.15) is 10.4 Å². The number of thiol groups is 1. The summed E-state index contributed by atoms with van der Waals surface area (Å²) in [6.07, 6.45) is 0.871. The molecule has 0 bridgehead atoms. The lowest BCUT2D eigenvalue weighted by atomic mass is 10.1. The topological polar surface area (TPSA) is 17.1 Å². The lowest BCUT2D eigenvalue weighted by Gasteiger charge is -2.02. The molecular weight excluding hydrogens is 180 g/mol. The monoisotopic (exact) mass is 188 g/mol. The summed E-state index contributed by atoms with van der Waals surface area (Å²) in [4.78, 5) is 11.6. The fraction of sp³-hybridized carbons (Fsp3) is 0. The minimum Gasteiger partial charge on any atom is -0.298 e. The summed E-state index contributed by atoms with van der Waals surface area (Å²) < 4.78 is 0. The van der Waals surface area contributed by atoms with Crippen LogP contribution in [0.4, 0.5) is 0 Å². The van der Waals surface area contributed by atoms with E-state index in [1.807, 2.05) is 30.3 Å². The highest BCUT2D eigenvalue weighted by Crippen LogP contribution is 2.23. The average Bonchev–Trinajstić information content (AvgIpc) is 2.19. The molecule has 0 N–H and O–H groups in total. The van der Waals surface area contributed by atoms with Crippen molar-refractivity contribution in [2.24, 2.45) is 0 Å². The van der Waals surface area contributed by atoms with Gasteiger partial charge in [0.05, 0.1) is 0 Å². The van der Waals surface area contributed by atoms with Gasteiger partial charge in [0.15, 0.2) is 6.29 Å². The lowest BCUT2D eigenvalue weighted by Crippen LogP contribution is -1.83. The van der Waals surface area contributed by atoms with Crippen molar-refractivity contribution in [1.29, 1.82) is 0 Å². The summed E-state index contributed by atoms with van der Waals surface area (Å²) in [5, 5.41) is 1.99. The van der Waals surface area contributed by atoms with Crippen LogP contribution < -0.4 is 0 Å². The Morgan fingerprint density at radius 3 is 2.38 bits per heavy atom. The molecule has 0 saturated heterocycles. The first kappa shape index (κ1) is 8.32. The van der Waals surface area contributed by atoms with Crippen molar-refractivity contribution in [1.82, 2.24) is 0 Å². The third-order valence-corrected chi connectivity index (χ3v) is 2.45. The Balaban J connectivity index is 2.92. The minimum absolute atomic E-state index is 0.716. The number of fused-ring (bicyclic) bond motifs is 1. The predicted molar refractivity (Wildman–Crippen MR) is 56.6 cm³/mol. The van der Waals surface area contributed by atoms with Crippen molar-refractivity contribution in [2.75, 3.05) is 0 Å². The molecule has 0 heterocycles. The van der Waals surface area contributed by atoms with Crippen LogP contribution in [0.25, 0.3) is 10.8 Å². The van der Waals surface area contributed by atoms with Crippen LogP contribution in [0, 0.1) is 0 Å². The van der Waals surface area contributed by atoms with Crippen LogP contribution >= 0.6 is 12.6 Å². The molecule has 0 amide bonds. The van der Waals surface area contributed by atoms with Crippen LogP contribution in [-0.4, -0.2) is 6.29 Å². The molecule has 1 nitrogen and oxygen atoms in total. The Bertz CT molecular complexity index is 463. The molecule has 13 heavy (non-hydrogen) atoms. The molecule has 0 spiro atoms. The van der Waals surface area contributed by atoms with E-state index < -0.39 is 0 Å². The molecule has 0 unspecified atom stereocenters. The molecule has 0 saturated carbocycles. The molecule has 2 heteroatoms. The fourth-order valence-electron chi connectivity index (χ4n) is 1.41. The molecular formula is C11H8OS. The molecule has 0 aliphatic heterocycles. The van der Waals surface area contributed by atoms with E-state index >= 15 is 0 Å². The highest BCUT2D eigenvalue weighted by molar-refractivity contribution is 7.80. The summed E-state index contributed by atoms with van der Waals surface area (Å²) in [5.74, 6) is 0. The lowest BCUT2D eigenvalue weighted by molar-refractivity contribution is 0.112. The van der Waals surface area contributed by atoms with Crippen molar-refractivity contribution in [3.8, 4) is 0 Å². The Kier molecular flexibility index (Phi) is 2.07. The van der Waals surface area contributed by atoms with Gasteiger partial charge in [0.2, 0.25) is 0 Å². The summed E-state index contributed by atoms with van der Waals surface area (Å²) in [5.41, 5.74) is 0.716. The maximum atomic E-state index is 10.7. The van der Waals surface area contributed by atoms with Gasteiger partial charge in [-0.05, 0) is 22.9 Å². The standard InChI is InChI=1S/C11H8OS/c12-7-8-5-6-11(13)10-4-2-1-3-9(8)10/h1-7,13H. The van der Waals surface area contributed by atoms with E-state index in [-0.39, 0.29) is 0 Å². The third-order valence-electron chi connectivity index (χ3n) is 2.06. The Labute approximate surface area is 81.8 Å². The molecule has 0 aliphatic carbocycles. The highest BCUT2D eigenvalue weighted by Gasteiger charge is 2.01. The predicted octanol–water partition coefficient (Wildman–Crippen LogP) is 2.94. The summed E-state index contributed by atoms with van der Waals surface area (Å²) in [7, 11) is 0. The van der Waals surface area contributed by atoms with E-state index in [0.717, 1.165) is 22.0 Å². The van der Waals surface area contributed by atoms with Crippen molar-refractivity contribution in [3.05, 3.63) is 42.0 Å². The SMILES string of the molecule is O=Cc1ccc(S)c2ccccc12. The third kappa shape index (κ3) is 1.33. The second-order valence-corrected chi connectivity index (χ2v) is 3.32. The Morgan fingerprint density at radius 1 is 1.00 bits per heavy atom. The smallest absolute Gasteiger partial charge is 0.150 e. The van der Waals surface area contributed by atoms with E-state index in [0.29, 0.717) is 5.56 Å². The molecule has 0 radical (unpaired) electrons. The van der Waals surface area contributed by atoms with E-state index in [1.54, 1.807) is 6.07 Å². The minimum atomic E-state index is 0.716. The van der Waals surface area contributed by atoms with E-state index in [2.05, 4.69) is 12.6 Å². The van der Waals surface area contributed by atoms with Crippen LogP contribution in [0.2, 0.25) is 0 Å². The maximum Gasteiger partial charge on any atom is 0.150 e. The van der Waals surface area contributed by atoms with Gasteiger partial charge in [-0.15, -0.1) is 12.6 Å².